The average Bonchev–Trinajstić information content (AvgIpc) is 3.50. The minimum atomic E-state index is -6.13. The molecule has 0 unspecified atom stereocenters. The van der Waals surface area contributed by atoms with Crippen molar-refractivity contribution in [1.29, 1.82) is 0 Å². The minimum absolute atomic E-state index is 0.121. The van der Waals surface area contributed by atoms with Crippen molar-refractivity contribution >= 4 is 33.8 Å². The Morgan fingerprint density at radius 1 is 0.358 bits per heavy atom. The van der Waals surface area contributed by atoms with E-state index >= 15 is 0 Å². The Hall–Kier alpha value is -7.48. The highest BCUT2D eigenvalue weighted by Crippen LogP contribution is 2.42. The van der Waals surface area contributed by atoms with E-state index in [0.717, 1.165) is 11.3 Å². The zero-order chi connectivity index (χ0) is 61.0. The lowest BCUT2D eigenvalue weighted by Gasteiger charge is -2.46. The summed E-state index contributed by atoms with van der Waals surface area (Å²) in [5, 5.41) is 0. The Labute approximate surface area is 442 Å². The van der Waals surface area contributed by atoms with Crippen molar-refractivity contribution in [2.45, 2.75) is 76.7 Å². The van der Waals surface area contributed by atoms with E-state index in [1.54, 1.807) is 0 Å². The first kappa shape index (κ1) is 62.7. The number of hydrogen-bond donors (Lipinski definition) is 0. The third kappa shape index (κ3) is 14.2. The third-order valence-corrected chi connectivity index (χ3v) is 12.7. The van der Waals surface area contributed by atoms with Gasteiger partial charge >= 0.3 is 49.4 Å². The van der Waals surface area contributed by atoms with Gasteiger partial charge in [0.1, 0.15) is 6.15 Å². The molecule has 0 aliphatic heterocycles. The third-order valence-electron chi connectivity index (χ3n) is 12.7. The van der Waals surface area contributed by atoms with Crippen LogP contribution in [0.3, 0.4) is 0 Å². The summed E-state index contributed by atoms with van der Waals surface area (Å²) >= 11 is 0. The summed E-state index contributed by atoms with van der Waals surface area (Å²) in [6.07, 6.45) is -52.8. The summed E-state index contributed by atoms with van der Waals surface area (Å²) in [6.45, 7) is 6.71. The molecule has 2 nitrogen and oxygen atoms in total. The molecule has 0 aliphatic carbocycles. The molecule has 0 atom stereocenters. The lowest BCUT2D eigenvalue weighted by Crippen LogP contribution is -2.75. The lowest BCUT2D eigenvalue weighted by molar-refractivity contribution is -0.672. The molecule has 0 saturated heterocycles. The maximum Gasteiger partial charge on any atom is 0.416 e. The summed E-state index contributed by atoms with van der Waals surface area (Å²) in [4.78, 5) is 12.6. The predicted octanol–water partition coefficient (Wildman–Crippen LogP) is 15.7. The number of ketones is 1. The second-order valence-corrected chi connectivity index (χ2v) is 18.5. The van der Waals surface area contributed by atoms with Crippen LogP contribution < -0.4 is 26.4 Å². The quantitative estimate of drug-likeness (QED) is 0.0643. The van der Waals surface area contributed by atoms with E-state index in [2.05, 4.69) is 39.0 Å². The minimum Gasteiger partial charge on any atom is -0.287 e. The summed E-state index contributed by atoms with van der Waals surface area (Å²) in [5.74, 6) is 0.121. The van der Waals surface area contributed by atoms with Crippen LogP contribution in [0.4, 0.5) is 105 Å². The number of carbonyl (C=O) groups is 1. The van der Waals surface area contributed by atoms with Crippen LogP contribution in [0.25, 0.3) is 11.3 Å². The molecule has 0 amide bonds. The van der Waals surface area contributed by atoms with Gasteiger partial charge in [-0.2, -0.15) is 132 Å². The maximum absolute atomic E-state index is 14.2. The Balaban J connectivity index is 0.000000363. The van der Waals surface area contributed by atoms with Gasteiger partial charge in [0.05, 0.1) is 50.1 Å². The Morgan fingerprint density at radius 2 is 0.617 bits per heavy atom. The molecule has 1 heterocycles. The molecule has 27 heteroatoms. The van der Waals surface area contributed by atoms with E-state index in [9.17, 15) is 110 Å². The maximum atomic E-state index is 14.2. The van der Waals surface area contributed by atoms with Crippen molar-refractivity contribution in [3.8, 4) is 11.3 Å². The van der Waals surface area contributed by atoms with Crippen LogP contribution in [0.2, 0.25) is 0 Å². The number of alkyl halides is 24. The average molecular weight is 1180 g/mol. The molecule has 0 bridgehead atoms. The molecule has 1 aromatic heterocycles. The fourth-order valence-electron chi connectivity index (χ4n) is 9.37. The molecular weight excluding hydrogens is 1150 g/mol. The molecule has 81 heavy (non-hydrogen) atoms. The molecule has 0 radical (unpaired) electrons. The summed E-state index contributed by atoms with van der Waals surface area (Å²) in [6, 6.07) is 11.1. The van der Waals surface area contributed by atoms with Gasteiger partial charge in [0.2, 0.25) is 18.0 Å². The molecular formula is C54H34BF24NO. The molecule has 6 aromatic carbocycles. The van der Waals surface area contributed by atoms with Crippen LogP contribution in [0.5, 0.6) is 0 Å². The van der Waals surface area contributed by atoms with Gasteiger partial charge in [-0.3, -0.25) is 4.79 Å². The number of rotatable bonds is 8. The van der Waals surface area contributed by atoms with E-state index in [0.29, 0.717) is 6.54 Å². The van der Waals surface area contributed by atoms with Gasteiger partial charge in [-0.05, 0) is 62.2 Å². The van der Waals surface area contributed by atoms with E-state index in [-0.39, 0.29) is 5.78 Å². The van der Waals surface area contributed by atoms with E-state index in [1.165, 1.54) is 22.3 Å². The first-order chi connectivity index (χ1) is 36.8. The Kier molecular flexibility index (Phi) is 16.9. The SMILES string of the molecule is Cc1cc(C)c(-c2cccc[n+]2CC(=O)c2ccccc2)c(C)c1.FC(F)(F)c1cc([B-](c2cc(C(F)(F)F)cc(C(F)(F)F)c2)(c2cc(C(F)(F)F)cc(C(F)(F)F)c2)c2cc(C(F)(F)F)cc(C(F)(F)F)c2)cc(C(F)(F)F)c1. The number of halogens is 24. The number of benzene rings is 6. The molecule has 432 valence electrons. The fraction of sp³-hybridized carbons (Fsp3) is 0.222. The Bertz CT molecular complexity index is 2990. The van der Waals surface area contributed by atoms with Crippen molar-refractivity contribution in [1.82, 2.24) is 0 Å². The highest BCUT2D eigenvalue weighted by molar-refractivity contribution is 7.20. The number of pyridine rings is 1. The molecule has 0 spiro atoms. The highest BCUT2D eigenvalue weighted by atomic mass is 19.4. The summed E-state index contributed by atoms with van der Waals surface area (Å²) < 4.78 is 343. The van der Waals surface area contributed by atoms with Crippen molar-refractivity contribution in [2.24, 2.45) is 0 Å². The predicted molar refractivity (Wildman–Crippen MR) is 247 cm³/mol. The number of aryl methyl sites for hydroxylation is 3. The Morgan fingerprint density at radius 3 is 0.877 bits per heavy atom. The van der Waals surface area contributed by atoms with E-state index < -0.39 is 195 Å². The van der Waals surface area contributed by atoms with Crippen LogP contribution in [-0.4, -0.2) is 11.9 Å². The van der Waals surface area contributed by atoms with Gasteiger partial charge < -0.3 is 0 Å². The monoisotopic (exact) mass is 1180 g/mol. The van der Waals surface area contributed by atoms with Gasteiger partial charge in [0.25, 0.3) is 0 Å². The molecule has 7 rings (SSSR count). The number of nitrogens with zero attached hydrogens (tertiary/aromatic N) is 1. The largest absolute Gasteiger partial charge is 0.416 e. The first-order valence-electron chi connectivity index (χ1n) is 22.8. The molecule has 0 aliphatic rings. The summed E-state index contributed by atoms with van der Waals surface area (Å²) in [5.41, 5.74) is -23.4. The van der Waals surface area contributed by atoms with Gasteiger partial charge in [-0.15, -0.1) is 0 Å². The van der Waals surface area contributed by atoms with Crippen molar-refractivity contribution in [3.05, 3.63) is 206 Å². The van der Waals surface area contributed by atoms with E-state index in [4.69, 9.17) is 0 Å². The fourth-order valence-corrected chi connectivity index (χ4v) is 9.37. The van der Waals surface area contributed by atoms with Crippen LogP contribution in [0.1, 0.15) is 71.6 Å². The van der Waals surface area contributed by atoms with Gasteiger partial charge in [-0.1, -0.05) is 96.6 Å². The highest BCUT2D eigenvalue weighted by Gasteiger charge is 2.47. The van der Waals surface area contributed by atoms with Crippen molar-refractivity contribution in [2.75, 3.05) is 0 Å². The standard InChI is InChI=1S/C32H12BF24.C22H22NO/c34-25(35,36)13-1-14(26(37,38)39)6-21(5-13)33(22-7-15(27(40,41)42)2-16(8-22)28(43,44)45,23-9-17(29(46,47)48)3-18(10-23)30(49,50)51)24-11-19(31(52,53)54)4-20(12-24)32(55,56)57;1-16-13-17(2)22(18(3)14-16)20-11-7-8-12-23(20)15-21(24)19-9-5-4-6-10-19/h1-12H;4-14H,15H2,1-3H3/q-1;+1. The lowest BCUT2D eigenvalue weighted by atomic mass is 9.12. The molecule has 0 fully saturated rings. The van der Waals surface area contributed by atoms with Crippen LogP contribution in [-0.2, 0) is 56.0 Å². The molecule has 0 saturated carbocycles. The van der Waals surface area contributed by atoms with Gasteiger partial charge in [0, 0.05) is 17.7 Å². The van der Waals surface area contributed by atoms with Gasteiger partial charge in [-0.25, -0.2) is 0 Å². The van der Waals surface area contributed by atoms with Crippen LogP contribution >= 0.6 is 0 Å². The molecule has 0 N–H and O–H groups in total. The van der Waals surface area contributed by atoms with E-state index in [1.807, 2.05) is 53.2 Å². The topological polar surface area (TPSA) is 20.9 Å². The zero-order valence-electron chi connectivity index (χ0n) is 41.0. The second kappa shape index (κ2) is 21.8. The van der Waals surface area contributed by atoms with Crippen molar-refractivity contribution in [3.63, 3.8) is 0 Å². The van der Waals surface area contributed by atoms with Crippen molar-refractivity contribution < 1.29 is 115 Å². The zero-order valence-corrected chi connectivity index (χ0v) is 41.0. The number of hydrogen-bond acceptors (Lipinski definition) is 1. The summed E-state index contributed by atoms with van der Waals surface area (Å²) in [7, 11) is 0. The number of carbonyl (C=O) groups excluding carboxylic acids is 1. The first-order valence-corrected chi connectivity index (χ1v) is 22.8. The number of Topliss-reactive ketones (excluding diaryl/α,β-unsaturated/α-hetero) is 1. The second-order valence-electron chi connectivity index (χ2n) is 18.5. The van der Waals surface area contributed by atoms with Crippen LogP contribution in [0.15, 0.2) is 140 Å². The smallest absolute Gasteiger partial charge is 0.287 e. The van der Waals surface area contributed by atoms with Gasteiger partial charge in [0.15, 0.2) is 6.20 Å². The normalized spacial score (nSPS) is 13.2. The molecule has 7 aromatic rings. The van der Waals surface area contributed by atoms with Crippen LogP contribution in [0, 0.1) is 20.8 Å². The number of aromatic nitrogens is 1.